The van der Waals surface area contributed by atoms with Crippen molar-refractivity contribution in [3.63, 3.8) is 0 Å². The van der Waals surface area contributed by atoms with Crippen LogP contribution >= 0.6 is 0 Å². The van der Waals surface area contributed by atoms with E-state index in [1.54, 1.807) is 42.5 Å². The minimum atomic E-state index is -0.583. The summed E-state index contributed by atoms with van der Waals surface area (Å²) in [5.74, 6) is -0.587. The van der Waals surface area contributed by atoms with Gasteiger partial charge in [0.15, 0.2) is 0 Å². The van der Waals surface area contributed by atoms with E-state index in [9.17, 15) is 14.0 Å². The number of hydrogen-bond donors (Lipinski definition) is 0. The highest BCUT2D eigenvalue weighted by molar-refractivity contribution is 5.94. The maximum absolute atomic E-state index is 14.0. The van der Waals surface area contributed by atoms with Gasteiger partial charge in [-0.15, -0.1) is 0 Å². The molecule has 29 heavy (non-hydrogen) atoms. The lowest BCUT2D eigenvalue weighted by atomic mass is 10.0. The number of carbonyl (C=O) groups excluding carboxylic acids is 2. The van der Waals surface area contributed by atoms with Gasteiger partial charge in [0.25, 0.3) is 0 Å². The monoisotopic (exact) mass is 392 g/mol. The third-order valence-electron chi connectivity index (χ3n) is 5.09. The molecule has 7 heteroatoms. The molecule has 1 aliphatic rings. The van der Waals surface area contributed by atoms with Crippen molar-refractivity contribution in [3.05, 3.63) is 83.9 Å². The van der Waals surface area contributed by atoms with Crippen LogP contribution in [0.2, 0.25) is 0 Å². The van der Waals surface area contributed by atoms with Crippen LogP contribution in [0.1, 0.15) is 11.1 Å². The average molecular weight is 392 g/mol. The quantitative estimate of drug-likeness (QED) is 0.670. The van der Waals surface area contributed by atoms with E-state index in [0.717, 1.165) is 11.1 Å². The SMILES string of the molecule is CN1CC(=O)N(Cc2cnn(-c3ccccc3F)c2)[C@@H](Cc2ccccc2)C1=O. The topological polar surface area (TPSA) is 58.4 Å². The first-order valence-electron chi connectivity index (χ1n) is 9.40. The molecule has 0 saturated carbocycles. The van der Waals surface area contributed by atoms with Crippen molar-refractivity contribution < 1.29 is 14.0 Å². The van der Waals surface area contributed by atoms with Crippen molar-refractivity contribution in [1.82, 2.24) is 19.6 Å². The van der Waals surface area contributed by atoms with E-state index >= 15 is 0 Å². The lowest BCUT2D eigenvalue weighted by molar-refractivity contribution is -0.155. The fraction of sp³-hybridized carbons (Fsp3) is 0.227. The Labute approximate surface area is 168 Å². The number of para-hydroxylation sites is 1. The van der Waals surface area contributed by atoms with Gasteiger partial charge in [0.05, 0.1) is 12.7 Å². The molecule has 0 aliphatic carbocycles. The molecule has 1 aromatic heterocycles. The molecular weight excluding hydrogens is 371 g/mol. The summed E-state index contributed by atoms with van der Waals surface area (Å²) >= 11 is 0. The molecule has 6 nitrogen and oxygen atoms in total. The summed E-state index contributed by atoms with van der Waals surface area (Å²) in [6.07, 6.45) is 3.73. The molecule has 0 N–H and O–H groups in total. The first-order chi connectivity index (χ1) is 14.0. The first kappa shape index (κ1) is 18.9. The standard InChI is InChI=1S/C22H21FN4O2/c1-25-15-21(28)26(20(22(25)29)11-16-7-3-2-4-8-16)13-17-12-24-27(14-17)19-10-6-5-9-18(19)23/h2-10,12,14,20H,11,13,15H2,1H3/t20-/m0/s1. The highest BCUT2D eigenvalue weighted by Gasteiger charge is 2.37. The van der Waals surface area contributed by atoms with Gasteiger partial charge in [0.2, 0.25) is 11.8 Å². The number of rotatable bonds is 5. The van der Waals surface area contributed by atoms with Crippen molar-refractivity contribution in [2.24, 2.45) is 0 Å². The van der Waals surface area contributed by atoms with Gasteiger partial charge in [-0.2, -0.15) is 5.10 Å². The molecule has 3 aromatic rings. The number of halogens is 1. The van der Waals surface area contributed by atoms with Crippen molar-refractivity contribution in [1.29, 1.82) is 0 Å². The Hall–Kier alpha value is -3.48. The second kappa shape index (κ2) is 7.87. The van der Waals surface area contributed by atoms with Crippen LogP contribution in [-0.2, 0) is 22.6 Å². The van der Waals surface area contributed by atoms with Gasteiger partial charge in [-0.3, -0.25) is 9.59 Å². The van der Waals surface area contributed by atoms with Crippen molar-refractivity contribution in [3.8, 4) is 5.69 Å². The number of carbonyl (C=O) groups is 2. The first-order valence-corrected chi connectivity index (χ1v) is 9.40. The molecule has 2 aromatic carbocycles. The van der Waals surface area contributed by atoms with Crippen molar-refractivity contribution >= 4 is 11.8 Å². The Kier molecular flexibility index (Phi) is 5.12. The van der Waals surface area contributed by atoms with E-state index in [4.69, 9.17) is 0 Å². The minimum Gasteiger partial charge on any atom is -0.335 e. The van der Waals surface area contributed by atoms with E-state index in [1.165, 1.54) is 15.6 Å². The Morgan fingerprint density at radius 1 is 1.03 bits per heavy atom. The molecule has 0 bridgehead atoms. The number of piperazine rings is 1. The maximum atomic E-state index is 14.0. The number of hydrogen-bond acceptors (Lipinski definition) is 3. The Morgan fingerprint density at radius 2 is 1.76 bits per heavy atom. The Bertz CT molecular complexity index is 1030. The molecule has 4 rings (SSSR count). The summed E-state index contributed by atoms with van der Waals surface area (Å²) in [5, 5.41) is 4.22. The lowest BCUT2D eigenvalue weighted by Gasteiger charge is -2.38. The number of benzene rings is 2. The number of nitrogens with zero attached hydrogens (tertiary/aromatic N) is 4. The summed E-state index contributed by atoms with van der Waals surface area (Å²) in [6, 6.07) is 15.4. The summed E-state index contributed by atoms with van der Waals surface area (Å²) in [4.78, 5) is 28.6. The van der Waals surface area contributed by atoms with Gasteiger partial charge in [-0.05, 0) is 17.7 Å². The molecule has 1 aliphatic heterocycles. The van der Waals surface area contributed by atoms with E-state index in [1.807, 2.05) is 30.3 Å². The van der Waals surface area contributed by atoms with Crippen LogP contribution in [0.3, 0.4) is 0 Å². The predicted molar refractivity (Wildman–Crippen MR) is 106 cm³/mol. The van der Waals surface area contributed by atoms with Crippen LogP contribution in [0.5, 0.6) is 0 Å². The molecule has 0 spiro atoms. The number of likely N-dealkylation sites (N-methyl/N-ethyl adjacent to an activating group) is 1. The van der Waals surface area contributed by atoms with E-state index in [-0.39, 0.29) is 30.7 Å². The normalized spacial score (nSPS) is 17.1. The Morgan fingerprint density at radius 3 is 2.52 bits per heavy atom. The lowest BCUT2D eigenvalue weighted by Crippen LogP contribution is -2.59. The fourth-order valence-corrected chi connectivity index (χ4v) is 3.57. The summed E-state index contributed by atoms with van der Waals surface area (Å²) in [7, 11) is 1.64. The summed E-state index contributed by atoms with van der Waals surface area (Å²) < 4.78 is 15.5. The van der Waals surface area contributed by atoms with Gasteiger partial charge in [0.1, 0.15) is 17.5 Å². The molecule has 1 fully saturated rings. The third-order valence-corrected chi connectivity index (χ3v) is 5.09. The van der Waals surface area contributed by atoms with Crippen LogP contribution < -0.4 is 0 Å². The number of amides is 2. The summed E-state index contributed by atoms with van der Waals surface area (Å²) in [5.41, 5.74) is 2.05. The van der Waals surface area contributed by atoms with Crippen LogP contribution in [0, 0.1) is 5.82 Å². The van der Waals surface area contributed by atoms with Crippen LogP contribution in [0.4, 0.5) is 4.39 Å². The minimum absolute atomic E-state index is 0.0472. The smallest absolute Gasteiger partial charge is 0.245 e. The molecule has 1 atom stereocenters. The van der Waals surface area contributed by atoms with Gasteiger partial charge in [-0.25, -0.2) is 9.07 Å². The van der Waals surface area contributed by atoms with Crippen LogP contribution in [-0.4, -0.2) is 51.0 Å². The zero-order valence-corrected chi connectivity index (χ0v) is 16.0. The van der Waals surface area contributed by atoms with Crippen LogP contribution in [0.25, 0.3) is 5.69 Å². The fourth-order valence-electron chi connectivity index (χ4n) is 3.57. The number of aromatic nitrogens is 2. The molecule has 148 valence electrons. The molecule has 2 amide bonds. The average Bonchev–Trinajstić information content (AvgIpc) is 3.18. The Balaban J connectivity index is 1.59. The van der Waals surface area contributed by atoms with E-state index in [0.29, 0.717) is 12.1 Å². The molecule has 0 radical (unpaired) electrons. The van der Waals surface area contributed by atoms with E-state index < -0.39 is 6.04 Å². The largest absolute Gasteiger partial charge is 0.335 e. The van der Waals surface area contributed by atoms with Gasteiger partial charge < -0.3 is 9.80 Å². The zero-order valence-electron chi connectivity index (χ0n) is 16.0. The highest BCUT2D eigenvalue weighted by atomic mass is 19.1. The van der Waals surface area contributed by atoms with Gasteiger partial charge >= 0.3 is 0 Å². The van der Waals surface area contributed by atoms with Crippen molar-refractivity contribution in [2.75, 3.05) is 13.6 Å². The highest BCUT2D eigenvalue weighted by Crippen LogP contribution is 2.20. The molecule has 1 saturated heterocycles. The zero-order chi connectivity index (χ0) is 20.4. The molecule has 0 unspecified atom stereocenters. The molecule has 2 heterocycles. The third kappa shape index (κ3) is 3.89. The molecular formula is C22H21FN4O2. The predicted octanol–water partition coefficient (Wildman–Crippen LogP) is 2.42. The maximum Gasteiger partial charge on any atom is 0.245 e. The van der Waals surface area contributed by atoms with Crippen LogP contribution in [0.15, 0.2) is 67.0 Å². The van der Waals surface area contributed by atoms with Gasteiger partial charge in [-0.1, -0.05) is 42.5 Å². The second-order valence-electron chi connectivity index (χ2n) is 7.17. The second-order valence-corrected chi connectivity index (χ2v) is 7.17. The summed E-state index contributed by atoms with van der Waals surface area (Å²) in [6.45, 7) is 0.288. The van der Waals surface area contributed by atoms with Crippen molar-refractivity contribution in [2.45, 2.75) is 19.0 Å². The van der Waals surface area contributed by atoms with Gasteiger partial charge in [0, 0.05) is 31.8 Å². The van der Waals surface area contributed by atoms with E-state index in [2.05, 4.69) is 5.10 Å².